The predicted octanol–water partition coefficient (Wildman–Crippen LogP) is 2.62. The Morgan fingerprint density at radius 2 is 1.89 bits per heavy atom. The minimum Gasteiger partial charge on any atom is -0.261 e. The van der Waals surface area contributed by atoms with Gasteiger partial charge in [-0.3, -0.25) is 9.97 Å². The SMILES string of the molecule is C[n+]1c(/C=C/c2cnccn2)ccc2ccccc21. The van der Waals surface area contributed by atoms with E-state index in [0.717, 1.165) is 11.4 Å². The number of para-hydroxylation sites is 1. The predicted molar refractivity (Wildman–Crippen MR) is 76.1 cm³/mol. The van der Waals surface area contributed by atoms with Gasteiger partial charge in [0, 0.05) is 36.0 Å². The second-order valence-electron chi connectivity index (χ2n) is 4.34. The average molecular weight is 248 g/mol. The molecule has 0 spiro atoms. The van der Waals surface area contributed by atoms with Gasteiger partial charge in [0.1, 0.15) is 7.05 Å². The molecule has 0 aliphatic heterocycles. The standard InChI is InChI=1S/C16H14N3/c1-19-15(9-7-14-12-17-10-11-18-14)8-6-13-4-2-3-5-16(13)19/h2-12H,1H3/q+1. The summed E-state index contributed by atoms with van der Waals surface area (Å²) < 4.78 is 2.17. The molecule has 0 aliphatic carbocycles. The quantitative estimate of drug-likeness (QED) is 0.652. The van der Waals surface area contributed by atoms with Crippen LogP contribution in [-0.4, -0.2) is 9.97 Å². The minimum atomic E-state index is 0.857. The monoisotopic (exact) mass is 248 g/mol. The van der Waals surface area contributed by atoms with Gasteiger partial charge in [-0.15, -0.1) is 0 Å². The Balaban J connectivity index is 2.02. The third-order valence-electron chi connectivity index (χ3n) is 3.13. The Bertz CT molecular complexity index is 733. The summed E-state index contributed by atoms with van der Waals surface area (Å²) in [5.41, 5.74) is 3.20. The second-order valence-corrected chi connectivity index (χ2v) is 4.34. The van der Waals surface area contributed by atoms with Crippen molar-refractivity contribution in [3.8, 4) is 0 Å². The van der Waals surface area contributed by atoms with Gasteiger partial charge in [0.05, 0.1) is 11.9 Å². The summed E-state index contributed by atoms with van der Waals surface area (Å²) >= 11 is 0. The molecule has 0 radical (unpaired) electrons. The minimum absolute atomic E-state index is 0.857. The number of rotatable bonds is 2. The molecule has 0 saturated heterocycles. The van der Waals surface area contributed by atoms with E-state index in [0.29, 0.717) is 0 Å². The molecule has 3 rings (SSSR count). The van der Waals surface area contributed by atoms with Crippen LogP contribution in [-0.2, 0) is 7.05 Å². The van der Waals surface area contributed by atoms with Gasteiger partial charge in [-0.25, -0.2) is 0 Å². The summed E-state index contributed by atoms with van der Waals surface area (Å²) in [5.74, 6) is 0. The Morgan fingerprint density at radius 1 is 1.00 bits per heavy atom. The molecule has 3 nitrogen and oxygen atoms in total. The van der Waals surface area contributed by atoms with Gasteiger partial charge in [-0.05, 0) is 18.2 Å². The molecule has 2 heterocycles. The third-order valence-corrected chi connectivity index (χ3v) is 3.13. The summed E-state index contributed by atoms with van der Waals surface area (Å²) in [5, 5.41) is 1.24. The fraction of sp³-hybridized carbons (Fsp3) is 0.0625. The first kappa shape index (κ1) is 11.5. The van der Waals surface area contributed by atoms with Crippen molar-refractivity contribution in [2.24, 2.45) is 7.05 Å². The summed E-state index contributed by atoms with van der Waals surface area (Å²) in [6.45, 7) is 0. The zero-order chi connectivity index (χ0) is 13.1. The van der Waals surface area contributed by atoms with Crippen molar-refractivity contribution in [3.63, 3.8) is 0 Å². The smallest absolute Gasteiger partial charge is 0.212 e. The molecule has 0 fully saturated rings. The first-order valence-corrected chi connectivity index (χ1v) is 6.16. The fourth-order valence-corrected chi connectivity index (χ4v) is 2.09. The molecule has 1 aromatic carbocycles. The Hall–Kier alpha value is -2.55. The van der Waals surface area contributed by atoms with E-state index in [1.165, 1.54) is 10.9 Å². The molecule has 92 valence electrons. The lowest BCUT2D eigenvalue weighted by molar-refractivity contribution is -0.646. The van der Waals surface area contributed by atoms with Gasteiger partial charge in [0.25, 0.3) is 0 Å². The van der Waals surface area contributed by atoms with Crippen molar-refractivity contribution in [2.45, 2.75) is 0 Å². The Morgan fingerprint density at radius 3 is 2.74 bits per heavy atom. The molecule has 2 aromatic heterocycles. The van der Waals surface area contributed by atoms with E-state index in [4.69, 9.17) is 0 Å². The lowest BCUT2D eigenvalue weighted by Crippen LogP contribution is -2.32. The average Bonchev–Trinajstić information content (AvgIpc) is 2.48. The van der Waals surface area contributed by atoms with Crippen LogP contribution < -0.4 is 4.57 Å². The normalized spacial score (nSPS) is 11.2. The molecule has 0 saturated carbocycles. The van der Waals surface area contributed by atoms with Gasteiger partial charge in [-0.2, -0.15) is 4.57 Å². The highest BCUT2D eigenvalue weighted by atomic mass is 14.9. The van der Waals surface area contributed by atoms with Crippen LogP contribution in [0, 0.1) is 0 Å². The molecule has 3 aromatic rings. The lowest BCUT2D eigenvalue weighted by atomic mass is 10.2. The molecular formula is C16H14N3+. The molecule has 0 unspecified atom stereocenters. The van der Waals surface area contributed by atoms with Crippen molar-refractivity contribution in [1.29, 1.82) is 0 Å². The van der Waals surface area contributed by atoms with Crippen molar-refractivity contribution >= 4 is 23.1 Å². The van der Waals surface area contributed by atoms with Crippen molar-refractivity contribution in [3.05, 3.63) is 66.4 Å². The van der Waals surface area contributed by atoms with Gasteiger partial charge in [-0.1, -0.05) is 12.1 Å². The van der Waals surface area contributed by atoms with Crippen LogP contribution in [0.25, 0.3) is 23.1 Å². The summed E-state index contributed by atoms with van der Waals surface area (Å²) in [4.78, 5) is 8.28. The van der Waals surface area contributed by atoms with Gasteiger partial charge >= 0.3 is 0 Å². The van der Waals surface area contributed by atoms with E-state index in [1.807, 2.05) is 6.08 Å². The highest BCUT2D eigenvalue weighted by molar-refractivity contribution is 5.77. The molecule has 0 atom stereocenters. The van der Waals surface area contributed by atoms with Crippen LogP contribution in [0.5, 0.6) is 0 Å². The molecule has 3 heteroatoms. The number of pyridine rings is 1. The molecular weight excluding hydrogens is 234 g/mol. The number of hydrogen-bond donors (Lipinski definition) is 0. The summed E-state index contributed by atoms with van der Waals surface area (Å²) in [6, 6.07) is 12.6. The van der Waals surface area contributed by atoms with Crippen molar-refractivity contribution in [2.75, 3.05) is 0 Å². The van der Waals surface area contributed by atoms with Crippen LogP contribution in [0.1, 0.15) is 11.4 Å². The Labute approximate surface area is 111 Å². The zero-order valence-corrected chi connectivity index (χ0v) is 10.7. The van der Waals surface area contributed by atoms with E-state index in [2.05, 4.69) is 64.1 Å². The van der Waals surface area contributed by atoms with Crippen LogP contribution in [0.15, 0.2) is 55.0 Å². The highest BCUT2D eigenvalue weighted by Crippen LogP contribution is 2.11. The zero-order valence-electron chi connectivity index (χ0n) is 10.7. The maximum Gasteiger partial charge on any atom is 0.212 e. The van der Waals surface area contributed by atoms with Crippen LogP contribution >= 0.6 is 0 Å². The van der Waals surface area contributed by atoms with Crippen LogP contribution in [0.2, 0.25) is 0 Å². The largest absolute Gasteiger partial charge is 0.261 e. The number of nitrogens with zero attached hydrogens (tertiary/aromatic N) is 3. The third kappa shape index (κ3) is 2.36. The lowest BCUT2D eigenvalue weighted by Gasteiger charge is -1.99. The molecule has 0 N–H and O–H groups in total. The van der Waals surface area contributed by atoms with E-state index < -0.39 is 0 Å². The van der Waals surface area contributed by atoms with Gasteiger partial charge < -0.3 is 0 Å². The Kier molecular flexibility index (Phi) is 3.02. The first-order chi connectivity index (χ1) is 9.34. The molecule has 0 amide bonds. The van der Waals surface area contributed by atoms with Gasteiger partial charge in [0.15, 0.2) is 0 Å². The van der Waals surface area contributed by atoms with E-state index in [9.17, 15) is 0 Å². The van der Waals surface area contributed by atoms with Crippen molar-refractivity contribution in [1.82, 2.24) is 9.97 Å². The molecule has 0 bridgehead atoms. The maximum absolute atomic E-state index is 4.23. The van der Waals surface area contributed by atoms with Crippen LogP contribution in [0.3, 0.4) is 0 Å². The van der Waals surface area contributed by atoms with E-state index in [1.54, 1.807) is 18.6 Å². The second kappa shape index (κ2) is 4.98. The number of aryl methyl sites for hydroxylation is 1. The summed E-state index contributed by atoms with van der Waals surface area (Å²) in [6.07, 6.45) is 9.14. The van der Waals surface area contributed by atoms with Crippen molar-refractivity contribution < 1.29 is 4.57 Å². The number of benzene rings is 1. The number of fused-ring (bicyclic) bond motifs is 1. The fourth-order valence-electron chi connectivity index (χ4n) is 2.09. The molecule has 0 aliphatic rings. The topological polar surface area (TPSA) is 29.7 Å². The first-order valence-electron chi connectivity index (χ1n) is 6.16. The van der Waals surface area contributed by atoms with Crippen LogP contribution in [0.4, 0.5) is 0 Å². The number of hydrogen-bond acceptors (Lipinski definition) is 2. The van der Waals surface area contributed by atoms with E-state index >= 15 is 0 Å². The number of aromatic nitrogens is 3. The molecule has 19 heavy (non-hydrogen) atoms. The highest BCUT2D eigenvalue weighted by Gasteiger charge is 2.07. The summed E-state index contributed by atoms with van der Waals surface area (Å²) in [7, 11) is 2.07. The van der Waals surface area contributed by atoms with Gasteiger partial charge in [0.2, 0.25) is 11.2 Å². The van der Waals surface area contributed by atoms with E-state index in [-0.39, 0.29) is 0 Å². The maximum atomic E-state index is 4.23.